The highest BCUT2D eigenvalue weighted by molar-refractivity contribution is 4.68. The van der Waals surface area contributed by atoms with Gasteiger partial charge in [-0.3, -0.25) is 0 Å². The van der Waals surface area contributed by atoms with E-state index in [1.54, 1.807) is 6.92 Å². The molecule has 0 aromatic carbocycles. The second-order valence-corrected chi connectivity index (χ2v) is 2.23. The van der Waals surface area contributed by atoms with Crippen LogP contribution in [0.5, 0.6) is 0 Å². The highest BCUT2D eigenvalue weighted by Crippen LogP contribution is 2.06. The molecule has 10 heavy (non-hydrogen) atoms. The highest BCUT2D eigenvalue weighted by atomic mass is 16.3. The van der Waals surface area contributed by atoms with E-state index in [1.807, 2.05) is 0 Å². The van der Waals surface area contributed by atoms with Gasteiger partial charge < -0.3 is 10.2 Å². The van der Waals surface area contributed by atoms with Gasteiger partial charge in [-0.05, 0) is 6.42 Å². The minimum atomic E-state index is -0.609. The molecule has 0 aliphatic rings. The molecule has 0 aliphatic heterocycles. The molecule has 4 nitrogen and oxygen atoms in total. The summed E-state index contributed by atoms with van der Waals surface area (Å²) in [6.07, 6.45) is -0.0662. The molecule has 0 bridgehead atoms. The first-order valence-corrected chi connectivity index (χ1v) is 3.34. The van der Waals surface area contributed by atoms with E-state index < -0.39 is 6.10 Å². The number of hydrogen-bond acceptors (Lipinski definition) is 4. The van der Waals surface area contributed by atoms with Crippen LogP contribution in [0.1, 0.15) is 13.3 Å². The van der Waals surface area contributed by atoms with E-state index in [9.17, 15) is 4.91 Å². The van der Waals surface area contributed by atoms with Gasteiger partial charge in [0.2, 0.25) is 0 Å². The van der Waals surface area contributed by atoms with Crippen molar-refractivity contribution in [2.45, 2.75) is 19.4 Å². The van der Waals surface area contributed by atoms with Gasteiger partial charge in [-0.2, -0.15) is 4.91 Å². The molecule has 4 heteroatoms. The van der Waals surface area contributed by atoms with Gasteiger partial charge in [0, 0.05) is 5.92 Å². The van der Waals surface area contributed by atoms with Crippen LogP contribution in [0.25, 0.3) is 0 Å². The molecular weight excluding hydrogens is 134 g/mol. The lowest BCUT2D eigenvalue weighted by Crippen LogP contribution is -2.25. The molecule has 0 saturated heterocycles. The predicted octanol–water partition coefficient (Wildman–Crippen LogP) is 0.132. The topological polar surface area (TPSA) is 69.9 Å². The van der Waals surface area contributed by atoms with E-state index >= 15 is 0 Å². The van der Waals surface area contributed by atoms with Crippen molar-refractivity contribution >= 4 is 0 Å². The van der Waals surface area contributed by atoms with Crippen LogP contribution in [0.4, 0.5) is 0 Å². The Kier molecular flexibility index (Phi) is 5.06. The SMILES string of the molecule is CCC(O)C(CO)CN=O. The minimum absolute atomic E-state index is 0.00843. The Morgan fingerprint density at radius 2 is 2.20 bits per heavy atom. The predicted molar refractivity (Wildman–Crippen MR) is 37.5 cm³/mol. The molecular formula is C6H13NO3. The molecule has 0 aromatic heterocycles. The fourth-order valence-corrected chi connectivity index (χ4v) is 0.730. The van der Waals surface area contributed by atoms with E-state index in [0.29, 0.717) is 6.42 Å². The van der Waals surface area contributed by atoms with Gasteiger partial charge in [-0.1, -0.05) is 12.1 Å². The Morgan fingerprint density at radius 1 is 1.60 bits per heavy atom. The number of rotatable bonds is 5. The Labute approximate surface area is 59.8 Å². The summed E-state index contributed by atoms with van der Waals surface area (Å²) in [6, 6.07) is 0. The Morgan fingerprint density at radius 3 is 2.50 bits per heavy atom. The molecule has 2 atom stereocenters. The average Bonchev–Trinajstić information content (AvgIpc) is 1.99. The van der Waals surface area contributed by atoms with Crippen LogP contribution < -0.4 is 0 Å². The zero-order valence-corrected chi connectivity index (χ0v) is 6.03. The fraction of sp³-hybridized carbons (Fsp3) is 1.00. The second kappa shape index (κ2) is 5.32. The second-order valence-electron chi connectivity index (χ2n) is 2.23. The number of nitrogens with zero attached hydrogens (tertiary/aromatic N) is 1. The quantitative estimate of drug-likeness (QED) is 0.543. The number of hydrogen-bond donors (Lipinski definition) is 2. The summed E-state index contributed by atoms with van der Waals surface area (Å²) in [6.45, 7) is 1.60. The average molecular weight is 147 g/mol. The minimum Gasteiger partial charge on any atom is -0.396 e. The smallest absolute Gasteiger partial charge is 0.0886 e. The Bertz CT molecular complexity index is 97.0. The van der Waals surface area contributed by atoms with Crippen LogP contribution in [-0.4, -0.2) is 29.5 Å². The maximum Gasteiger partial charge on any atom is 0.0886 e. The molecule has 0 fully saturated rings. The Hall–Kier alpha value is -0.480. The lowest BCUT2D eigenvalue weighted by molar-refractivity contribution is 0.0692. The normalized spacial score (nSPS) is 16.3. The van der Waals surface area contributed by atoms with Crippen molar-refractivity contribution in [1.29, 1.82) is 0 Å². The third-order valence-corrected chi connectivity index (χ3v) is 1.51. The lowest BCUT2D eigenvalue weighted by Gasteiger charge is -2.15. The summed E-state index contributed by atoms with van der Waals surface area (Å²) >= 11 is 0. The van der Waals surface area contributed by atoms with Crippen LogP contribution in [0.2, 0.25) is 0 Å². The van der Waals surface area contributed by atoms with E-state index in [-0.39, 0.29) is 19.1 Å². The van der Waals surface area contributed by atoms with Crippen LogP contribution in [0.15, 0.2) is 5.18 Å². The fourth-order valence-electron chi connectivity index (χ4n) is 0.730. The van der Waals surface area contributed by atoms with E-state index in [4.69, 9.17) is 10.2 Å². The van der Waals surface area contributed by atoms with Crippen LogP contribution in [-0.2, 0) is 0 Å². The molecule has 0 rings (SSSR count). The van der Waals surface area contributed by atoms with Crippen molar-refractivity contribution in [3.63, 3.8) is 0 Å². The van der Waals surface area contributed by atoms with Crippen LogP contribution >= 0.6 is 0 Å². The molecule has 2 unspecified atom stereocenters. The zero-order valence-electron chi connectivity index (χ0n) is 6.03. The molecule has 60 valence electrons. The zero-order chi connectivity index (χ0) is 7.98. The highest BCUT2D eigenvalue weighted by Gasteiger charge is 2.16. The first kappa shape index (κ1) is 9.52. The summed E-state index contributed by atoms with van der Waals surface area (Å²) in [7, 11) is 0. The van der Waals surface area contributed by atoms with Crippen LogP contribution in [0.3, 0.4) is 0 Å². The van der Waals surface area contributed by atoms with E-state index in [2.05, 4.69) is 5.18 Å². The molecule has 0 amide bonds. The van der Waals surface area contributed by atoms with E-state index in [1.165, 1.54) is 0 Å². The van der Waals surface area contributed by atoms with Crippen molar-refractivity contribution in [2.75, 3.05) is 13.2 Å². The van der Waals surface area contributed by atoms with Crippen molar-refractivity contribution in [3.05, 3.63) is 4.91 Å². The van der Waals surface area contributed by atoms with Gasteiger partial charge in [0.1, 0.15) is 0 Å². The van der Waals surface area contributed by atoms with Crippen LogP contribution in [0, 0.1) is 10.8 Å². The van der Waals surface area contributed by atoms with Crippen molar-refractivity contribution in [2.24, 2.45) is 11.1 Å². The summed E-state index contributed by atoms with van der Waals surface area (Å²) in [4.78, 5) is 9.72. The first-order valence-electron chi connectivity index (χ1n) is 3.34. The third-order valence-electron chi connectivity index (χ3n) is 1.51. The van der Waals surface area contributed by atoms with Crippen molar-refractivity contribution in [1.82, 2.24) is 0 Å². The molecule has 0 aliphatic carbocycles. The van der Waals surface area contributed by atoms with E-state index in [0.717, 1.165) is 0 Å². The molecule has 2 N–H and O–H groups in total. The largest absolute Gasteiger partial charge is 0.396 e. The number of aliphatic hydroxyl groups excluding tert-OH is 2. The molecule has 0 radical (unpaired) electrons. The summed E-state index contributed by atoms with van der Waals surface area (Å²) < 4.78 is 0. The molecule has 0 spiro atoms. The maximum absolute atomic E-state index is 9.72. The standard InChI is InChI=1S/C6H13NO3/c1-2-6(9)5(4-8)3-7-10/h5-6,8-9H,2-4H2,1H3. The lowest BCUT2D eigenvalue weighted by atomic mass is 10.0. The monoisotopic (exact) mass is 147 g/mol. The van der Waals surface area contributed by atoms with Gasteiger partial charge in [-0.25, -0.2) is 0 Å². The molecule has 0 saturated carbocycles. The first-order chi connectivity index (χ1) is 4.76. The molecule has 0 aromatic rings. The summed E-state index contributed by atoms with van der Waals surface area (Å²) in [5, 5.41) is 20.3. The number of nitroso groups, excluding NO2 is 1. The number of aliphatic hydroxyl groups is 2. The van der Waals surface area contributed by atoms with Gasteiger partial charge in [0.15, 0.2) is 0 Å². The molecule has 0 heterocycles. The van der Waals surface area contributed by atoms with Crippen molar-refractivity contribution < 1.29 is 10.2 Å². The van der Waals surface area contributed by atoms with Gasteiger partial charge in [0.25, 0.3) is 0 Å². The van der Waals surface area contributed by atoms with Gasteiger partial charge in [0.05, 0.1) is 19.3 Å². The van der Waals surface area contributed by atoms with Gasteiger partial charge >= 0.3 is 0 Å². The summed E-state index contributed by atoms with van der Waals surface area (Å²) in [5.41, 5.74) is 0. The maximum atomic E-state index is 9.72. The third kappa shape index (κ3) is 2.89. The summed E-state index contributed by atoms with van der Waals surface area (Å²) in [5.74, 6) is -0.387. The Balaban J connectivity index is 3.67. The van der Waals surface area contributed by atoms with Gasteiger partial charge in [-0.15, -0.1) is 0 Å². The van der Waals surface area contributed by atoms with Crippen molar-refractivity contribution in [3.8, 4) is 0 Å².